The first-order valence-electron chi connectivity index (χ1n) is 6.77. The van der Waals surface area contributed by atoms with Crippen LogP contribution < -0.4 is 5.32 Å². The number of hydroxylamine groups is 2. The van der Waals surface area contributed by atoms with Crippen LogP contribution in [0.25, 0.3) is 0 Å². The Balaban J connectivity index is 1.52. The van der Waals surface area contributed by atoms with E-state index in [1.165, 1.54) is 5.57 Å². The van der Waals surface area contributed by atoms with Crippen molar-refractivity contribution in [3.05, 3.63) is 11.6 Å². The van der Waals surface area contributed by atoms with Gasteiger partial charge in [0.25, 0.3) is 11.8 Å². The normalized spacial score (nSPS) is 19.6. The number of ether oxygens (including phenoxy) is 2. The number of hydrogen-bond donors (Lipinski definition) is 1. The second kappa shape index (κ2) is 6.92. The van der Waals surface area contributed by atoms with Gasteiger partial charge in [0.2, 0.25) is 0 Å². The molecule has 1 aliphatic heterocycles. The van der Waals surface area contributed by atoms with Crippen molar-refractivity contribution in [3.8, 4) is 0 Å². The first-order valence-corrected chi connectivity index (χ1v) is 6.77. The van der Waals surface area contributed by atoms with E-state index in [0.717, 1.165) is 0 Å². The number of alkyl carbamates (subject to hydrolysis) is 1. The maximum atomic E-state index is 11.3. The van der Waals surface area contributed by atoms with Gasteiger partial charge in [-0.1, -0.05) is 16.7 Å². The third-order valence-corrected chi connectivity index (χ3v) is 3.10. The molecule has 9 heteroatoms. The highest BCUT2D eigenvalue weighted by molar-refractivity contribution is 6.01. The quantitative estimate of drug-likeness (QED) is 0.329. The summed E-state index contributed by atoms with van der Waals surface area (Å²) in [6, 6.07) is 0. The molecule has 0 radical (unpaired) electrons. The summed E-state index contributed by atoms with van der Waals surface area (Å²) in [5, 5.41) is 2.77. The van der Waals surface area contributed by atoms with Crippen LogP contribution >= 0.6 is 0 Å². The van der Waals surface area contributed by atoms with Crippen molar-refractivity contribution in [1.82, 2.24) is 10.4 Å². The fraction of sp³-hybridized carbons (Fsp3) is 0.538. The average Bonchev–Trinajstić information content (AvgIpc) is 3.11. The molecule has 9 nitrogen and oxygen atoms in total. The molecule has 1 saturated heterocycles. The molecule has 1 atom stereocenters. The van der Waals surface area contributed by atoms with Crippen LogP contribution in [0.15, 0.2) is 11.6 Å². The van der Waals surface area contributed by atoms with Gasteiger partial charge < -0.3 is 14.8 Å². The van der Waals surface area contributed by atoms with Gasteiger partial charge >= 0.3 is 12.2 Å². The number of imide groups is 1. The maximum absolute atomic E-state index is 11.3. The number of hydrogen-bond acceptors (Lipinski definition) is 7. The van der Waals surface area contributed by atoms with Gasteiger partial charge in [-0.15, -0.1) is 0 Å². The maximum Gasteiger partial charge on any atom is 0.534 e. The van der Waals surface area contributed by atoms with E-state index in [0.29, 0.717) is 11.7 Å². The van der Waals surface area contributed by atoms with E-state index in [1.807, 2.05) is 13.0 Å². The van der Waals surface area contributed by atoms with Crippen LogP contribution in [0.5, 0.6) is 0 Å². The third-order valence-electron chi connectivity index (χ3n) is 3.10. The smallest absolute Gasteiger partial charge is 0.449 e. The summed E-state index contributed by atoms with van der Waals surface area (Å²) in [6.45, 7) is 2.08. The third kappa shape index (κ3) is 4.47. The summed E-state index contributed by atoms with van der Waals surface area (Å²) >= 11 is 0. The second-order valence-corrected chi connectivity index (χ2v) is 4.81. The zero-order valence-electron chi connectivity index (χ0n) is 12.0. The van der Waals surface area contributed by atoms with Gasteiger partial charge in [0.05, 0.1) is 6.54 Å². The molecular formula is C13H16N2O7. The topological polar surface area (TPSA) is 111 Å². The lowest BCUT2D eigenvalue weighted by Crippen LogP contribution is -2.34. The molecular weight excluding hydrogens is 296 g/mol. The van der Waals surface area contributed by atoms with E-state index in [4.69, 9.17) is 4.74 Å². The Morgan fingerprint density at radius 1 is 1.27 bits per heavy atom. The molecule has 22 heavy (non-hydrogen) atoms. The van der Waals surface area contributed by atoms with E-state index >= 15 is 0 Å². The summed E-state index contributed by atoms with van der Waals surface area (Å²) < 4.78 is 9.53. The van der Waals surface area contributed by atoms with Crippen molar-refractivity contribution < 1.29 is 33.5 Å². The van der Waals surface area contributed by atoms with Crippen LogP contribution in [0.2, 0.25) is 0 Å². The van der Waals surface area contributed by atoms with Crippen LogP contribution in [-0.4, -0.2) is 48.9 Å². The first-order chi connectivity index (χ1) is 10.5. The average molecular weight is 312 g/mol. The van der Waals surface area contributed by atoms with Crippen LogP contribution in [-0.2, 0) is 23.9 Å². The lowest BCUT2D eigenvalue weighted by atomic mass is 10.3. The van der Waals surface area contributed by atoms with Crippen molar-refractivity contribution in [3.63, 3.8) is 0 Å². The largest absolute Gasteiger partial charge is 0.534 e. The van der Waals surface area contributed by atoms with Crippen molar-refractivity contribution >= 4 is 24.1 Å². The van der Waals surface area contributed by atoms with E-state index < -0.39 is 24.1 Å². The van der Waals surface area contributed by atoms with Crippen LogP contribution in [0.3, 0.4) is 0 Å². The Morgan fingerprint density at radius 3 is 2.50 bits per heavy atom. The van der Waals surface area contributed by atoms with Crippen LogP contribution in [0.1, 0.15) is 19.8 Å². The molecule has 0 aromatic rings. The summed E-state index contributed by atoms with van der Waals surface area (Å²) in [5.41, 5.74) is 1.19. The molecule has 0 spiro atoms. The van der Waals surface area contributed by atoms with E-state index in [9.17, 15) is 19.2 Å². The molecule has 1 unspecified atom stereocenters. The van der Waals surface area contributed by atoms with Crippen LogP contribution in [0.4, 0.5) is 9.59 Å². The fourth-order valence-corrected chi connectivity index (χ4v) is 1.71. The molecule has 2 aliphatic rings. The van der Waals surface area contributed by atoms with Crippen molar-refractivity contribution in [2.45, 2.75) is 19.8 Å². The Labute approximate surface area is 126 Å². The zero-order chi connectivity index (χ0) is 16.1. The molecule has 1 fully saturated rings. The molecule has 120 valence electrons. The number of rotatable bonds is 6. The van der Waals surface area contributed by atoms with Crippen LogP contribution in [0, 0.1) is 5.92 Å². The number of nitrogens with zero attached hydrogens (tertiary/aromatic N) is 1. The molecule has 0 aromatic heterocycles. The van der Waals surface area contributed by atoms with Crippen molar-refractivity contribution in [2.75, 3.05) is 19.8 Å². The minimum absolute atomic E-state index is 0.00876. The number of nitrogens with one attached hydrogen (secondary N) is 1. The second-order valence-electron chi connectivity index (χ2n) is 4.81. The highest BCUT2D eigenvalue weighted by Gasteiger charge is 2.33. The van der Waals surface area contributed by atoms with Gasteiger partial charge in [-0.2, -0.15) is 0 Å². The lowest BCUT2D eigenvalue weighted by molar-refractivity contribution is -0.177. The Bertz CT molecular complexity index is 512. The Kier molecular flexibility index (Phi) is 4.97. The standard InChI is InChI=1S/C13H16N2O7/c1-8-6-9(8)7-21-12(18)14-4-5-20-13(19)22-15-10(16)2-3-11(15)17/h6,9H,2-5,7H2,1H3,(H,14,18). The summed E-state index contributed by atoms with van der Waals surface area (Å²) in [4.78, 5) is 49.4. The zero-order valence-corrected chi connectivity index (χ0v) is 12.0. The fourth-order valence-electron chi connectivity index (χ4n) is 1.71. The highest BCUT2D eigenvalue weighted by atomic mass is 16.8. The SMILES string of the molecule is CC1=CC1COC(=O)NCCOC(=O)ON1C(=O)CCC1=O. The Hall–Kier alpha value is -2.58. The summed E-state index contributed by atoms with van der Waals surface area (Å²) in [5.74, 6) is -0.951. The molecule has 1 N–H and O–H groups in total. The molecule has 0 saturated carbocycles. The first kappa shape index (κ1) is 15.8. The highest BCUT2D eigenvalue weighted by Crippen LogP contribution is 2.27. The molecule has 1 heterocycles. The van der Waals surface area contributed by atoms with Gasteiger partial charge in [0, 0.05) is 18.8 Å². The summed E-state index contributed by atoms with van der Waals surface area (Å²) in [7, 11) is 0. The van der Waals surface area contributed by atoms with Gasteiger partial charge in [0.1, 0.15) is 13.2 Å². The number of amides is 3. The van der Waals surface area contributed by atoms with Gasteiger partial charge in [-0.05, 0) is 6.92 Å². The predicted molar refractivity (Wildman–Crippen MR) is 70.1 cm³/mol. The minimum atomic E-state index is -1.18. The lowest BCUT2D eigenvalue weighted by Gasteiger charge is -2.12. The van der Waals surface area contributed by atoms with E-state index in [1.54, 1.807) is 0 Å². The van der Waals surface area contributed by atoms with Gasteiger partial charge in [0.15, 0.2) is 0 Å². The van der Waals surface area contributed by atoms with E-state index in [2.05, 4.69) is 14.9 Å². The van der Waals surface area contributed by atoms with Crippen molar-refractivity contribution in [2.24, 2.45) is 5.92 Å². The monoisotopic (exact) mass is 312 g/mol. The molecule has 2 rings (SSSR count). The molecule has 1 aliphatic carbocycles. The number of carbonyl (C=O) groups is 4. The number of carbonyl (C=O) groups excluding carboxylic acids is 4. The summed E-state index contributed by atoms with van der Waals surface area (Å²) in [6.07, 6.45) is 0.198. The molecule has 0 aromatic carbocycles. The minimum Gasteiger partial charge on any atom is -0.449 e. The van der Waals surface area contributed by atoms with Crippen molar-refractivity contribution in [1.29, 1.82) is 0 Å². The molecule has 0 bridgehead atoms. The Morgan fingerprint density at radius 2 is 1.91 bits per heavy atom. The van der Waals surface area contributed by atoms with Gasteiger partial charge in [-0.3, -0.25) is 14.4 Å². The van der Waals surface area contributed by atoms with Gasteiger partial charge in [-0.25, -0.2) is 9.59 Å². The van der Waals surface area contributed by atoms with E-state index in [-0.39, 0.29) is 31.9 Å². The predicted octanol–water partition coefficient (Wildman–Crippen LogP) is 0.506. The molecule has 3 amide bonds.